The lowest BCUT2D eigenvalue weighted by Gasteiger charge is -2.49. The lowest BCUT2D eigenvalue weighted by atomic mass is 9.95. The minimum atomic E-state index is -2.02. The Bertz CT molecular complexity index is 910. The molecular formula is C24H42O21. The van der Waals surface area contributed by atoms with Gasteiger partial charge in [0, 0.05) is 0 Å². The van der Waals surface area contributed by atoms with Gasteiger partial charge in [-0.15, -0.1) is 0 Å². The second-order valence-corrected chi connectivity index (χ2v) is 11.1. The molecule has 0 aromatic carbocycles. The van der Waals surface area contributed by atoms with Crippen LogP contribution in [-0.4, -0.2) is 221 Å². The Labute approximate surface area is 254 Å². The van der Waals surface area contributed by atoms with Gasteiger partial charge in [0.05, 0.1) is 26.4 Å². The summed E-state index contributed by atoms with van der Waals surface area (Å²) in [6, 6.07) is 0. The standard InChI is InChI=1S/C24H42O21/c25-1-5-9(29)10(30)15(35)22(40-5)44-19-7(3-27)42-24(17(37)12(19)32)45-20-8(4-28)41-23(16(36)13(20)33)43-18-6(2-26)39-21(38)14(34)11(18)31/h5-38H,1-4H2/t5-,6-,7-,8-,9-,10+,11-,12-,13-,14+,15+,16-,17-,18-,19-,20-,21+,22-,23+,24+/m1/s1. The molecule has 0 unspecified atom stereocenters. The van der Waals surface area contributed by atoms with Gasteiger partial charge in [0.1, 0.15) is 97.7 Å². The smallest absolute Gasteiger partial charge is 0.187 e. The summed E-state index contributed by atoms with van der Waals surface area (Å²) in [5.41, 5.74) is 0. The summed E-state index contributed by atoms with van der Waals surface area (Å²) in [5.74, 6) is 0. The maximum Gasteiger partial charge on any atom is 0.187 e. The zero-order valence-corrected chi connectivity index (χ0v) is 23.5. The summed E-state index contributed by atoms with van der Waals surface area (Å²) >= 11 is 0. The fourth-order valence-electron chi connectivity index (χ4n) is 5.55. The van der Waals surface area contributed by atoms with Crippen LogP contribution >= 0.6 is 0 Å². The molecule has 21 heteroatoms. The Hall–Kier alpha value is -0.840. The average molecular weight is 667 g/mol. The predicted molar refractivity (Wildman–Crippen MR) is 134 cm³/mol. The van der Waals surface area contributed by atoms with Crippen molar-refractivity contribution in [2.75, 3.05) is 26.4 Å². The minimum absolute atomic E-state index is 0.784. The molecular weight excluding hydrogens is 624 g/mol. The van der Waals surface area contributed by atoms with E-state index in [4.69, 9.17) is 33.2 Å². The van der Waals surface area contributed by atoms with Gasteiger partial charge in [-0.05, 0) is 0 Å². The Morgan fingerprint density at radius 3 is 1.02 bits per heavy atom. The van der Waals surface area contributed by atoms with Crippen molar-refractivity contribution >= 4 is 0 Å². The van der Waals surface area contributed by atoms with Gasteiger partial charge in [-0.2, -0.15) is 0 Å². The number of aliphatic hydroxyl groups excluding tert-OH is 14. The number of hydrogen-bond donors (Lipinski definition) is 14. The average Bonchev–Trinajstić information content (AvgIpc) is 3.03. The summed E-state index contributed by atoms with van der Waals surface area (Å²) in [5, 5.41) is 142. The molecule has 4 aliphatic heterocycles. The molecule has 4 fully saturated rings. The first-order valence-electron chi connectivity index (χ1n) is 14.1. The van der Waals surface area contributed by atoms with Gasteiger partial charge in [0.25, 0.3) is 0 Å². The van der Waals surface area contributed by atoms with Crippen LogP contribution in [0.2, 0.25) is 0 Å². The fourth-order valence-corrected chi connectivity index (χ4v) is 5.55. The van der Waals surface area contributed by atoms with E-state index in [1.807, 2.05) is 0 Å². The second-order valence-electron chi connectivity index (χ2n) is 11.1. The van der Waals surface area contributed by atoms with E-state index in [0.29, 0.717) is 0 Å². The quantitative estimate of drug-likeness (QED) is 0.103. The molecule has 45 heavy (non-hydrogen) atoms. The summed E-state index contributed by atoms with van der Waals surface area (Å²) in [7, 11) is 0. The van der Waals surface area contributed by atoms with Crippen molar-refractivity contribution in [1.82, 2.24) is 0 Å². The highest BCUT2D eigenvalue weighted by molar-refractivity contribution is 4.97. The molecule has 4 heterocycles. The zero-order chi connectivity index (χ0) is 33.3. The molecule has 0 amide bonds. The zero-order valence-electron chi connectivity index (χ0n) is 23.5. The Kier molecular flexibility index (Phi) is 12.8. The predicted octanol–water partition coefficient (Wildman–Crippen LogP) is -9.75. The normalized spacial score (nSPS) is 52.9. The molecule has 20 atom stereocenters. The molecule has 0 aliphatic carbocycles. The molecule has 4 rings (SSSR count). The van der Waals surface area contributed by atoms with Crippen molar-refractivity contribution in [3.63, 3.8) is 0 Å². The molecule has 21 nitrogen and oxygen atoms in total. The van der Waals surface area contributed by atoms with Crippen LogP contribution in [0, 0.1) is 0 Å². The largest absolute Gasteiger partial charge is 0.394 e. The van der Waals surface area contributed by atoms with E-state index in [1.165, 1.54) is 0 Å². The van der Waals surface area contributed by atoms with Crippen molar-refractivity contribution < 1.29 is 105 Å². The van der Waals surface area contributed by atoms with E-state index in [-0.39, 0.29) is 0 Å². The highest BCUT2D eigenvalue weighted by Gasteiger charge is 2.55. The molecule has 264 valence electrons. The Balaban J connectivity index is 1.43. The highest BCUT2D eigenvalue weighted by Crippen LogP contribution is 2.34. The van der Waals surface area contributed by atoms with Gasteiger partial charge in [0.2, 0.25) is 0 Å². The molecule has 4 saturated heterocycles. The van der Waals surface area contributed by atoms with Crippen molar-refractivity contribution in [1.29, 1.82) is 0 Å². The van der Waals surface area contributed by atoms with Crippen LogP contribution < -0.4 is 0 Å². The molecule has 0 saturated carbocycles. The fraction of sp³-hybridized carbons (Fsp3) is 1.00. The van der Waals surface area contributed by atoms with Crippen LogP contribution in [0.4, 0.5) is 0 Å². The number of ether oxygens (including phenoxy) is 7. The Morgan fingerprint density at radius 1 is 0.333 bits per heavy atom. The molecule has 14 N–H and O–H groups in total. The number of aliphatic hydroxyl groups is 14. The van der Waals surface area contributed by atoms with Gasteiger partial charge >= 0.3 is 0 Å². The van der Waals surface area contributed by atoms with Gasteiger partial charge in [-0.25, -0.2) is 0 Å². The maximum atomic E-state index is 10.9. The second kappa shape index (κ2) is 15.6. The van der Waals surface area contributed by atoms with Gasteiger partial charge in [0.15, 0.2) is 25.2 Å². The van der Waals surface area contributed by atoms with Crippen LogP contribution in [0.25, 0.3) is 0 Å². The van der Waals surface area contributed by atoms with E-state index < -0.39 is 149 Å². The van der Waals surface area contributed by atoms with E-state index >= 15 is 0 Å². The summed E-state index contributed by atoms with van der Waals surface area (Å²) in [6.45, 7) is -3.39. The lowest BCUT2D eigenvalue weighted by Crippen LogP contribution is -2.67. The van der Waals surface area contributed by atoms with E-state index in [1.54, 1.807) is 0 Å². The lowest BCUT2D eigenvalue weighted by molar-refractivity contribution is -0.387. The van der Waals surface area contributed by atoms with Crippen LogP contribution in [0.3, 0.4) is 0 Å². The molecule has 0 bridgehead atoms. The Morgan fingerprint density at radius 2 is 0.644 bits per heavy atom. The molecule has 4 aliphatic rings. The monoisotopic (exact) mass is 666 g/mol. The maximum absolute atomic E-state index is 10.9. The van der Waals surface area contributed by atoms with E-state index in [0.717, 1.165) is 0 Å². The van der Waals surface area contributed by atoms with Gasteiger partial charge < -0.3 is 105 Å². The first kappa shape index (κ1) is 37.0. The van der Waals surface area contributed by atoms with E-state index in [2.05, 4.69) is 0 Å². The highest BCUT2D eigenvalue weighted by atomic mass is 16.8. The third-order valence-corrected chi connectivity index (χ3v) is 8.20. The minimum Gasteiger partial charge on any atom is -0.394 e. The van der Waals surface area contributed by atoms with Gasteiger partial charge in [-0.1, -0.05) is 0 Å². The van der Waals surface area contributed by atoms with Gasteiger partial charge in [-0.3, -0.25) is 0 Å². The molecule has 0 aromatic heterocycles. The van der Waals surface area contributed by atoms with E-state index in [9.17, 15) is 71.5 Å². The third-order valence-electron chi connectivity index (χ3n) is 8.20. The van der Waals surface area contributed by atoms with Crippen molar-refractivity contribution in [2.45, 2.75) is 123 Å². The topological polar surface area (TPSA) is 348 Å². The van der Waals surface area contributed by atoms with Crippen molar-refractivity contribution in [3.8, 4) is 0 Å². The van der Waals surface area contributed by atoms with Crippen LogP contribution in [0.5, 0.6) is 0 Å². The molecule has 0 aromatic rings. The first-order valence-corrected chi connectivity index (χ1v) is 14.1. The van der Waals surface area contributed by atoms with Crippen LogP contribution in [-0.2, 0) is 33.2 Å². The molecule has 0 radical (unpaired) electrons. The third kappa shape index (κ3) is 7.44. The first-order chi connectivity index (χ1) is 21.3. The summed E-state index contributed by atoms with van der Waals surface area (Å²) in [6.07, 6.45) is -35.3. The van der Waals surface area contributed by atoms with Crippen LogP contribution in [0.1, 0.15) is 0 Å². The SMILES string of the molecule is OC[C@H]1O[C@H](O[C@H]2[C@H](O)[C@@H](O)[C@H](O[C@H]3[C@H](O)[C@@H](O)[C@H](O[C@H]4[C@H](O)[C@H](O)[C@@H](O)O[C@@H]4CO)O[C@@H]3CO)O[C@@H]2CO)[C@@H](O)[C@@H](O)[C@@H]1O. The molecule has 0 spiro atoms. The number of hydrogen-bond acceptors (Lipinski definition) is 21. The summed E-state index contributed by atoms with van der Waals surface area (Å²) < 4.78 is 37.7. The number of rotatable bonds is 10. The van der Waals surface area contributed by atoms with Crippen molar-refractivity contribution in [3.05, 3.63) is 0 Å². The summed E-state index contributed by atoms with van der Waals surface area (Å²) in [4.78, 5) is 0. The van der Waals surface area contributed by atoms with Crippen molar-refractivity contribution in [2.24, 2.45) is 0 Å². The van der Waals surface area contributed by atoms with Crippen LogP contribution in [0.15, 0.2) is 0 Å².